The van der Waals surface area contributed by atoms with Crippen LogP contribution in [-0.4, -0.2) is 28.6 Å². The van der Waals surface area contributed by atoms with Gasteiger partial charge in [-0.3, -0.25) is 9.69 Å². The fourth-order valence-electron chi connectivity index (χ4n) is 2.91. The molecule has 1 aromatic rings. The van der Waals surface area contributed by atoms with E-state index in [0.29, 0.717) is 0 Å². The van der Waals surface area contributed by atoms with Gasteiger partial charge in [-0.15, -0.1) is 0 Å². The van der Waals surface area contributed by atoms with Gasteiger partial charge in [-0.2, -0.15) is 0 Å². The summed E-state index contributed by atoms with van der Waals surface area (Å²) in [4.78, 5) is 13.6. The average Bonchev–Trinajstić information content (AvgIpc) is 2.65. The van der Waals surface area contributed by atoms with E-state index >= 15 is 0 Å². The van der Waals surface area contributed by atoms with Crippen LogP contribution in [0.5, 0.6) is 0 Å². The summed E-state index contributed by atoms with van der Waals surface area (Å²) in [7, 11) is 0. The predicted octanol–water partition coefficient (Wildman–Crippen LogP) is 3.08. The highest BCUT2D eigenvalue weighted by atomic mass is 16.4. The quantitative estimate of drug-likeness (QED) is 0.905. The standard InChI is InChI=1S/C16H23NO2/c1-2-13-8-5-6-9-14(13)12-17-11-7-3-4-10-15(17)16(18)19/h5-6,8-9,15H,2-4,7,10-12H2,1H3,(H,18,19). The largest absolute Gasteiger partial charge is 0.480 e. The molecular weight excluding hydrogens is 238 g/mol. The van der Waals surface area contributed by atoms with Crippen LogP contribution in [-0.2, 0) is 17.8 Å². The van der Waals surface area contributed by atoms with Crippen LogP contribution in [0.4, 0.5) is 0 Å². The molecule has 0 spiro atoms. The summed E-state index contributed by atoms with van der Waals surface area (Å²) in [5.41, 5.74) is 2.61. The number of rotatable bonds is 4. The van der Waals surface area contributed by atoms with Gasteiger partial charge in [0, 0.05) is 6.54 Å². The van der Waals surface area contributed by atoms with Crippen molar-refractivity contribution in [2.75, 3.05) is 6.54 Å². The molecule has 1 unspecified atom stereocenters. The van der Waals surface area contributed by atoms with Crippen LogP contribution in [0, 0.1) is 0 Å². The number of benzene rings is 1. The molecule has 3 nitrogen and oxygen atoms in total. The van der Waals surface area contributed by atoms with E-state index in [-0.39, 0.29) is 6.04 Å². The second kappa shape index (κ2) is 6.71. The third-order valence-corrected chi connectivity index (χ3v) is 4.02. The summed E-state index contributed by atoms with van der Waals surface area (Å²) in [5.74, 6) is -0.670. The van der Waals surface area contributed by atoms with E-state index in [2.05, 4.69) is 30.0 Å². The Hall–Kier alpha value is -1.35. The molecular formula is C16H23NO2. The Labute approximate surface area is 115 Å². The van der Waals surface area contributed by atoms with Gasteiger partial charge in [-0.05, 0) is 36.9 Å². The number of carboxylic acid groups (broad SMARTS) is 1. The monoisotopic (exact) mass is 261 g/mol. The summed E-state index contributed by atoms with van der Waals surface area (Å²) < 4.78 is 0. The van der Waals surface area contributed by atoms with Crippen LogP contribution in [0.1, 0.15) is 43.7 Å². The van der Waals surface area contributed by atoms with Crippen molar-refractivity contribution in [2.24, 2.45) is 0 Å². The second-order valence-corrected chi connectivity index (χ2v) is 5.30. The summed E-state index contributed by atoms with van der Waals surface area (Å²) in [5, 5.41) is 9.40. The first-order valence-electron chi connectivity index (χ1n) is 7.26. The fraction of sp³-hybridized carbons (Fsp3) is 0.562. The molecule has 0 aromatic heterocycles. The third-order valence-electron chi connectivity index (χ3n) is 4.02. The van der Waals surface area contributed by atoms with Gasteiger partial charge >= 0.3 is 5.97 Å². The second-order valence-electron chi connectivity index (χ2n) is 5.30. The molecule has 104 valence electrons. The van der Waals surface area contributed by atoms with Crippen molar-refractivity contribution in [1.29, 1.82) is 0 Å². The summed E-state index contributed by atoms with van der Waals surface area (Å²) in [6.07, 6.45) is 5.07. The van der Waals surface area contributed by atoms with Crippen molar-refractivity contribution in [2.45, 2.75) is 51.6 Å². The van der Waals surface area contributed by atoms with E-state index in [0.717, 1.165) is 45.2 Å². The lowest BCUT2D eigenvalue weighted by atomic mass is 10.0. The van der Waals surface area contributed by atoms with Crippen LogP contribution in [0.3, 0.4) is 0 Å². The number of aryl methyl sites for hydroxylation is 1. The van der Waals surface area contributed by atoms with E-state index in [1.54, 1.807) is 0 Å². The molecule has 0 aliphatic carbocycles. The number of aliphatic carboxylic acids is 1. The van der Waals surface area contributed by atoms with Crippen LogP contribution in [0.15, 0.2) is 24.3 Å². The minimum Gasteiger partial charge on any atom is -0.480 e. The molecule has 1 fully saturated rings. The third kappa shape index (κ3) is 3.57. The Morgan fingerprint density at radius 2 is 2.00 bits per heavy atom. The number of carboxylic acids is 1. The lowest BCUT2D eigenvalue weighted by Gasteiger charge is -2.27. The predicted molar refractivity (Wildman–Crippen MR) is 76.1 cm³/mol. The molecule has 19 heavy (non-hydrogen) atoms. The maximum atomic E-state index is 11.4. The van der Waals surface area contributed by atoms with Crippen molar-refractivity contribution in [1.82, 2.24) is 4.90 Å². The maximum absolute atomic E-state index is 11.4. The smallest absolute Gasteiger partial charge is 0.320 e. The summed E-state index contributed by atoms with van der Waals surface area (Å²) >= 11 is 0. The van der Waals surface area contributed by atoms with E-state index in [4.69, 9.17) is 0 Å². The lowest BCUT2D eigenvalue weighted by molar-refractivity contribution is -0.143. The molecule has 3 heteroatoms. The number of carbonyl (C=O) groups is 1. The van der Waals surface area contributed by atoms with Gasteiger partial charge in [0.15, 0.2) is 0 Å². The SMILES string of the molecule is CCc1ccccc1CN1CCCCCC1C(=O)O. The highest BCUT2D eigenvalue weighted by Crippen LogP contribution is 2.21. The average molecular weight is 261 g/mol. The first-order valence-corrected chi connectivity index (χ1v) is 7.26. The Balaban J connectivity index is 2.16. The molecule has 1 aliphatic heterocycles. The summed E-state index contributed by atoms with van der Waals surface area (Å²) in [6.45, 7) is 3.81. The van der Waals surface area contributed by atoms with Gasteiger partial charge < -0.3 is 5.11 Å². The molecule has 0 amide bonds. The van der Waals surface area contributed by atoms with Gasteiger partial charge in [0.2, 0.25) is 0 Å². The van der Waals surface area contributed by atoms with Crippen LogP contribution in [0.2, 0.25) is 0 Å². The van der Waals surface area contributed by atoms with Crippen molar-refractivity contribution >= 4 is 5.97 Å². The maximum Gasteiger partial charge on any atom is 0.320 e. The number of nitrogens with zero attached hydrogens (tertiary/aromatic N) is 1. The zero-order valence-corrected chi connectivity index (χ0v) is 11.6. The molecule has 2 rings (SSSR count). The molecule has 1 heterocycles. The highest BCUT2D eigenvalue weighted by molar-refractivity contribution is 5.73. The fourth-order valence-corrected chi connectivity index (χ4v) is 2.91. The topological polar surface area (TPSA) is 40.5 Å². The Bertz CT molecular complexity index is 431. The number of likely N-dealkylation sites (tertiary alicyclic amines) is 1. The van der Waals surface area contributed by atoms with Crippen molar-refractivity contribution < 1.29 is 9.90 Å². The molecule has 1 N–H and O–H groups in total. The zero-order chi connectivity index (χ0) is 13.7. The first kappa shape index (κ1) is 14.1. The van der Waals surface area contributed by atoms with Crippen molar-refractivity contribution in [3.63, 3.8) is 0 Å². The van der Waals surface area contributed by atoms with Gasteiger partial charge in [-0.25, -0.2) is 0 Å². The Kier molecular flexibility index (Phi) is 4.97. The van der Waals surface area contributed by atoms with Crippen molar-refractivity contribution in [3.8, 4) is 0 Å². The van der Waals surface area contributed by atoms with E-state index in [9.17, 15) is 9.90 Å². The minimum atomic E-state index is -0.670. The van der Waals surface area contributed by atoms with Crippen LogP contribution in [0.25, 0.3) is 0 Å². The Morgan fingerprint density at radius 1 is 1.26 bits per heavy atom. The zero-order valence-electron chi connectivity index (χ0n) is 11.6. The van der Waals surface area contributed by atoms with Gasteiger partial charge in [0.05, 0.1) is 0 Å². The minimum absolute atomic E-state index is 0.313. The molecule has 1 aliphatic rings. The number of hydrogen-bond acceptors (Lipinski definition) is 2. The van der Waals surface area contributed by atoms with E-state index in [1.165, 1.54) is 11.1 Å². The van der Waals surface area contributed by atoms with E-state index in [1.807, 2.05) is 6.07 Å². The summed E-state index contributed by atoms with van der Waals surface area (Å²) in [6, 6.07) is 8.06. The molecule has 0 bridgehead atoms. The van der Waals surface area contributed by atoms with Crippen molar-refractivity contribution in [3.05, 3.63) is 35.4 Å². The highest BCUT2D eigenvalue weighted by Gasteiger charge is 2.27. The normalized spacial score (nSPS) is 21.0. The first-order chi connectivity index (χ1) is 9.22. The molecule has 1 atom stereocenters. The molecule has 0 radical (unpaired) electrons. The Morgan fingerprint density at radius 3 is 2.68 bits per heavy atom. The van der Waals surface area contributed by atoms with Crippen LogP contribution >= 0.6 is 0 Å². The van der Waals surface area contributed by atoms with Crippen LogP contribution < -0.4 is 0 Å². The molecule has 1 aromatic carbocycles. The molecule has 0 saturated carbocycles. The number of hydrogen-bond donors (Lipinski definition) is 1. The van der Waals surface area contributed by atoms with Gasteiger partial charge in [0.25, 0.3) is 0 Å². The van der Waals surface area contributed by atoms with E-state index < -0.39 is 5.97 Å². The molecule has 1 saturated heterocycles. The lowest BCUT2D eigenvalue weighted by Crippen LogP contribution is -2.40. The van der Waals surface area contributed by atoms with Gasteiger partial charge in [0.1, 0.15) is 6.04 Å². The van der Waals surface area contributed by atoms with Gasteiger partial charge in [-0.1, -0.05) is 44.0 Å².